The number of carbonyl (C=O) groups is 2. The largest absolute Gasteiger partial charge is 0.468 e. The summed E-state index contributed by atoms with van der Waals surface area (Å²) in [7, 11) is -2.86. The SMILES string of the molecule is COC(=O)[C@H](C)NP1(=O)OC[C@H]2O[C@@H](n3cnc4c(N)nc(F)nc43)[C@@H](OCC(=O)c3ccccc3)[C@@H]2O1. The second-order valence-electron chi connectivity index (χ2n) is 8.57. The van der Waals surface area contributed by atoms with Crippen molar-refractivity contribution in [2.45, 2.75) is 37.5 Å². The summed E-state index contributed by atoms with van der Waals surface area (Å²) in [6, 6.07) is 7.47. The van der Waals surface area contributed by atoms with E-state index in [9.17, 15) is 18.5 Å². The van der Waals surface area contributed by atoms with E-state index in [2.05, 4.69) is 24.8 Å². The van der Waals surface area contributed by atoms with Crippen LogP contribution in [-0.2, 0) is 32.6 Å². The fourth-order valence-corrected chi connectivity index (χ4v) is 5.94. The number of rotatable bonds is 8. The number of methoxy groups -OCH3 is 1. The lowest BCUT2D eigenvalue weighted by Gasteiger charge is -2.33. The van der Waals surface area contributed by atoms with E-state index in [0.29, 0.717) is 5.56 Å². The summed E-state index contributed by atoms with van der Waals surface area (Å²) >= 11 is 0. The van der Waals surface area contributed by atoms with E-state index in [1.54, 1.807) is 30.3 Å². The van der Waals surface area contributed by atoms with Crippen molar-refractivity contribution in [3.8, 4) is 0 Å². The van der Waals surface area contributed by atoms with Gasteiger partial charge < -0.3 is 19.9 Å². The van der Waals surface area contributed by atoms with Crippen molar-refractivity contribution in [3.05, 3.63) is 48.3 Å². The average molecular weight is 550 g/mol. The molecule has 202 valence electrons. The standard InChI is InChI=1S/C22H24FN6O8P/c1-11(21(31)33-2)28-38(32)35-9-14-16(37-38)17(34-8-13(30)12-6-4-3-5-7-12)20(36-14)29-10-25-15-18(24)26-22(23)27-19(15)29/h3-7,10-11,14,16-17,20H,8-9H2,1-2H3,(H,28,32)(H2,24,26,27)/t11-,14+,16+,17-,20+,38?/m0/s1. The zero-order valence-corrected chi connectivity index (χ0v) is 21.1. The van der Waals surface area contributed by atoms with Crippen LogP contribution in [0, 0.1) is 6.08 Å². The molecule has 2 aliphatic heterocycles. The summed E-state index contributed by atoms with van der Waals surface area (Å²) in [4.78, 5) is 36.0. The number of anilines is 1. The molecule has 1 aromatic carbocycles. The summed E-state index contributed by atoms with van der Waals surface area (Å²) in [5.41, 5.74) is 6.35. The lowest BCUT2D eigenvalue weighted by atomic mass is 10.1. The van der Waals surface area contributed by atoms with Gasteiger partial charge in [0.25, 0.3) is 0 Å². The zero-order valence-electron chi connectivity index (χ0n) is 20.2. The third kappa shape index (κ3) is 5.04. The molecule has 2 aromatic heterocycles. The first kappa shape index (κ1) is 26.3. The predicted molar refractivity (Wildman–Crippen MR) is 127 cm³/mol. The zero-order chi connectivity index (χ0) is 27.0. The number of nitrogens with zero attached hydrogens (tertiary/aromatic N) is 4. The molecule has 2 aliphatic rings. The molecular weight excluding hydrogens is 526 g/mol. The minimum atomic E-state index is -4.04. The Morgan fingerprint density at radius 1 is 1.32 bits per heavy atom. The smallest absolute Gasteiger partial charge is 0.406 e. The number of benzene rings is 1. The third-order valence-corrected chi connectivity index (χ3v) is 7.77. The molecule has 3 N–H and O–H groups in total. The number of halogens is 1. The summed E-state index contributed by atoms with van der Waals surface area (Å²) in [6.07, 6.45) is -3.71. The van der Waals surface area contributed by atoms with Gasteiger partial charge in [0.1, 0.15) is 31.0 Å². The minimum Gasteiger partial charge on any atom is -0.468 e. The second-order valence-corrected chi connectivity index (χ2v) is 10.3. The van der Waals surface area contributed by atoms with Crippen molar-refractivity contribution in [1.29, 1.82) is 0 Å². The number of ketones is 1. The average Bonchev–Trinajstić information content (AvgIpc) is 3.47. The number of fused-ring (bicyclic) bond motifs is 2. The van der Waals surface area contributed by atoms with Crippen LogP contribution in [0.5, 0.6) is 0 Å². The van der Waals surface area contributed by atoms with Crippen molar-refractivity contribution >= 4 is 36.5 Å². The van der Waals surface area contributed by atoms with Gasteiger partial charge in [-0.3, -0.25) is 23.2 Å². The van der Waals surface area contributed by atoms with Gasteiger partial charge in [-0.1, -0.05) is 30.3 Å². The lowest BCUT2D eigenvalue weighted by Crippen LogP contribution is -2.45. The van der Waals surface area contributed by atoms with Crippen molar-refractivity contribution in [2.24, 2.45) is 0 Å². The summed E-state index contributed by atoms with van der Waals surface area (Å²) in [6.45, 7) is 0.849. The Labute approximate surface area is 215 Å². The van der Waals surface area contributed by atoms with E-state index in [1.165, 1.54) is 24.9 Å². The molecule has 0 radical (unpaired) electrons. The summed E-state index contributed by atoms with van der Waals surface area (Å²) in [5, 5.41) is 2.52. The number of esters is 1. The number of aromatic nitrogens is 4. The van der Waals surface area contributed by atoms with Gasteiger partial charge in [0, 0.05) is 5.56 Å². The number of nitrogen functional groups attached to an aromatic ring is 1. The first-order valence-corrected chi connectivity index (χ1v) is 13.0. The fourth-order valence-electron chi connectivity index (χ4n) is 4.24. The number of ether oxygens (including phenoxy) is 3. The molecule has 0 bridgehead atoms. The van der Waals surface area contributed by atoms with Crippen LogP contribution in [0.4, 0.5) is 10.2 Å². The minimum absolute atomic E-state index is 0.0168. The van der Waals surface area contributed by atoms with Gasteiger partial charge in [-0.15, -0.1) is 0 Å². The van der Waals surface area contributed by atoms with Crippen molar-refractivity contribution < 1.29 is 41.8 Å². The quantitative estimate of drug-likeness (QED) is 0.178. The Morgan fingerprint density at radius 2 is 2.08 bits per heavy atom. The first-order chi connectivity index (χ1) is 18.2. The molecule has 38 heavy (non-hydrogen) atoms. The van der Waals surface area contributed by atoms with E-state index in [-0.39, 0.29) is 36.0 Å². The Kier molecular flexibility index (Phi) is 7.22. The molecule has 3 aromatic rings. The Hall–Kier alpha value is -3.33. The number of nitrogens with two attached hydrogens (primary N) is 1. The highest BCUT2D eigenvalue weighted by Crippen LogP contribution is 2.54. The van der Waals surface area contributed by atoms with Gasteiger partial charge in [-0.25, -0.2) is 14.6 Å². The number of hydrogen-bond donors (Lipinski definition) is 2. The third-order valence-electron chi connectivity index (χ3n) is 6.06. The second kappa shape index (κ2) is 10.4. The van der Waals surface area contributed by atoms with Gasteiger partial charge in [0.05, 0.1) is 20.0 Å². The Bertz CT molecular complexity index is 1410. The van der Waals surface area contributed by atoms with E-state index in [1.807, 2.05) is 0 Å². The van der Waals surface area contributed by atoms with Crippen molar-refractivity contribution in [1.82, 2.24) is 24.6 Å². The van der Waals surface area contributed by atoms with Gasteiger partial charge >= 0.3 is 19.8 Å². The number of carbonyl (C=O) groups excluding carboxylic acids is 2. The molecule has 6 atom stereocenters. The molecule has 16 heteroatoms. The number of nitrogens with one attached hydrogen (secondary N) is 1. The van der Waals surface area contributed by atoms with E-state index in [4.69, 9.17) is 24.3 Å². The van der Waals surface area contributed by atoms with Crippen LogP contribution in [0.15, 0.2) is 36.7 Å². The summed E-state index contributed by atoms with van der Waals surface area (Å²) in [5.74, 6) is -1.18. The van der Waals surface area contributed by atoms with E-state index in [0.717, 1.165) is 0 Å². The van der Waals surface area contributed by atoms with Crippen LogP contribution >= 0.6 is 7.75 Å². The van der Waals surface area contributed by atoms with Crippen LogP contribution in [0.3, 0.4) is 0 Å². The summed E-state index contributed by atoms with van der Waals surface area (Å²) < 4.78 is 56.7. The fraction of sp³-hybridized carbons (Fsp3) is 0.409. The molecule has 2 saturated heterocycles. The van der Waals surface area contributed by atoms with Crippen LogP contribution in [-0.4, -0.2) is 75.9 Å². The van der Waals surface area contributed by atoms with E-state index >= 15 is 0 Å². The Morgan fingerprint density at radius 3 is 2.82 bits per heavy atom. The molecule has 0 saturated carbocycles. The van der Waals surface area contributed by atoms with E-state index < -0.39 is 50.4 Å². The Balaban J connectivity index is 1.45. The van der Waals surface area contributed by atoms with Crippen LogP contribution < -0.4 is 10.8 Å². The van der Waals surface area contributed by atoms with Crippen LogP contribution in [0.1, 0.15) is 23.5 Å². The maximum atomic E-state index is 14.0. The molecule has 4 heterocycles. The highest BCUT2D eigenvalue weighted by atomic mass is 31.2. The van der Waals surface area contributed by atoms with Gasteiger partial charge in [0.15, 0.2) is 29.0 Å². The highest BCUT2D eigenvalue weighted by Gasteiger charge is 2.55. The van der Waals surface area contributed by atoms with Crippen LogP contribution in [0.25, 0.3) is 11.2 Å². The normalized spacial score (nSPS) is 27.7. The molecule has 14 nitrogen and oxygen atoms in total. The lowest BCUT2D eigenvalue weighted by molar-refractivity contribution is -0.142. The topological polar surface area (TPSA) is 179 Å². The maximum Gasteiger partial charge on any atom is 0.406 e. The van der Waals surface area contributed by atoms with Gasteiger partial charge in [0.2, 0.25) is 0 Å². The van der Waals surface area contributed by atoms with Gasteiger partial charge in [-0.05, 0) is 6.92 Å². The van der Waals surface area contributed by atoms with Crippen molar-refractivity contribution in [3.63, 3.8) is 0 Å². The molecule has 5 rings (SSSR count). The molecular formula is C22H24FN6O8P. The molecule has 0 spiro atoms. The number of hydrogen-bond acceptors (Lipinski definition) is 12. The first-order valence-electron chi connectivity index (χ1n) is 11.5. The van der Waals surface area contributed by atoms with Crippen molar-refractivity contribution in [2.75, 3.05) is 26.1 Å². The monoisotopic (exact) mass is 550 g/mol. The highest BCUT2D eigenvalue weighted by molar-refractivity contribution is 7.51. The predicted octanol–water partition coefficient (Wildman–Crippen LogP) is 1.39. The number of Topliss-reactive ketones (excluding diaryl/α,β-unsaturated/α-hetero) is 1. The van der Waals surface area contributed by atoms with Gasteiger partial charge in [-0.2, -0.15) is 14.4 Å². The maximum absolute atomic E-state index is 14.0. The molecule has 0 amide bonds. The number of imidazole rings is 1. The molecule has 2 fully saturated rings. The van der Waals surface area contributed by atoms with Crippen LogP contribution in [0.2, 0.25) is 0 Å². The molecule has 0 aliphatic carbocycles. The molecule has 1 unspecified atom stereocenters.